The fourth-order valence-electron chi connectivity index (χ4n) is 4.64. The molecule has 2 heterocycles. The van der Waals surface area contributed by atoms with Crippen LogP contribution < -0.4 is 0 Å². The van der Waals surface area contributed by atoms with Crippen LogP contribution in [0.3, 0.4) is 0 Å². The zero-order chi connectivity index (χ0) is 24.1. The number of carbonyl (C=O) groups excluding carboxylic acids is 2. The molecule has 4 rings (SSSR count). The summed E-state index contributed by atoms with van der Waals surface area (Å²) in [5.74, 6) is -1.39. The van der Waals surface area contributed by atoms with E-state index >= 15 is 0 Å². The van der Waals surface area contributed by atoms with Crippen LogP contribution in [0.4, 0.5) is 4.39 Å². The van der Waals surface area contributed by atoms with Gasteiger partial charge in [-0.3, -0.25) is 9.59 Å². The van der Waals surface area contributed by atoms with E-state index in [0.29, 0.717) is 19.5 Å². The van der Waals surface area contributed by atoms with Crippen LogP contribution in [0.25, 0.3) is 0 Å². The number of likely N-dealkylation sites (tertiary alicyclic amines) is 1. The molecule has 1 unspecified atom stereocenters. The highest BCUT2D eigenvalue weighted by atomic mass is 32.2. The molecule has 7 nitrogen and oxygen atoms in total. The maximum absolute atomic E-state index is 13.4. The van der Waals surface area contributed by atoms with E-state index in [2.05, 4.69) is 0 Å². The number of carbonyl (C=O) groups is 2. The first-order chi connectivity index (χ1) is 16.4. The predicted molar refractivity (Wildman–Crippen MR) is 124 cm³/mol. The predicted octanol–water partition coefficient (Wildman–Crippen LogP) is 3.45. The van der Waals surface area contributed by atoms with Crippen molar-refractivity contribution in [3.05, 3.63) is 65.5 Å². The van der Waals surface area contributed by atoms with Gasteiger partial charge in [0.05, 0.1) is 17.4 Å². The molecule has 0 aliphatic carbocycles. The Kier molecular flexibility index (Phi) is 7.63. The fraction of sp³-hybridized carbons (Fsp3) is 0.440. The monoisotopic (exact) mass is 488 g/mol. The van der Waals surface area contributed by atoms with E-state index in [9.17, 15) is 22.4 Å². The summed E-state index contributed by atoms with van der Waals surface area (Å²) in [6.45, 7) is 1.16. The summed E-state index contributed by atoms with van der Waals surface area (Å²) in [7, 11) is -3.99. The Morgan fingerprint density at radius 1 is 0.941 bits per heavy atom. The topological polar surface area (TPSA) is 84.0 Å². The molecule has 1 amide bonds. The Morgan fingerprint density at radius 3 is 2.32 bits per heavy atom. The molecule has 0 spiro atoms. The zero-order valence-corrected chi connectivity index (χ0v) is 19.8. The van der Waals surface area contributed by atoms with Crippen LogP contribution >= 0.6 is 0 Å². The Hall–Kier alpha value is -2.78. The highest BCUT2D eigenvalue weighted by Gasteiger charge is 2.38. The van der Waals surface area contributed by atoms with Crippen LogP contribution in [-0.4, -0.2) is 55.7 Å². The molecule has 0 bridgehead atoms. The minimum absolute atomic E-state index is 0.0389. The SMILES string of the molecule is O=C(CC1c2ccccc2CCN1S(=O)(=O)c1ccc(F)cc1)OCC(=O)N1CCCCCC1. The largest absolute Gasteiger partial charge is 0.456 e. The molecular weight excluding hydrogens is 459 g/mol. The van der Waals surface area contributed by atoms with Gasteiger partial charge in [-0.2, -0.15) is 4.31 Å². The van der Waals surface area contributed by atoms with Crippen molar-refractivity contribution in [2.75, 3.05) is 26.2 Å². The normalized spacial score (nSPS) is 19.2. The lowest BCUT2D eigenvalue weighted by Gasteiger charge is -2.36. The first-order valence-corrected chi connectivity index (χ1v) is 13.1. The van der Waals surface area contributed by atoms with Gasteiger partial charge in [0.2, 0.25) is 10.0 Å². The molecule has 0 saturated carbocycles. The maximum atomic E-state index is 13.4. The lowest BCUT2D eigenvalue weighted by molar-refractivity contribution is -0.152. The summed E-state index contributed by atoms with van der Waals surface area (Å²) < 4.78 is 46.7. The number of amides is 1. The van der Waals surface area contributed by atoms with Crippen LogP contribution in [0.2, 0.25) is 0 Å². The molecule has 1 saturated heterocycles. The third kappa shape index (κ3) is 5.47. The third-order valence-electron chi connectivity index (χ3n) is 6.46. The number of esters is 1. The maximum Gasteiger partial charge on any atom is 0.308 e. The first kappa shape index (κ1) is 24.3. The van der Waals surface area contributed by atoms with Crippen molar-refractivity contribution in [2.24, 2.45) is 0 Å². The second kappa shape index (κ2) is 10.7. The Bertz CT molecular complexity index is 1130. The standard InChI is InChI=1S/C25H29FN2O5S/c26-20-9-11-21(12-10-20)34(31,32)28-16-13-19-7-3-4-8-22(19)23(28)17-25(30)33-18-24(29)27-14-5-1-2-6-15-27/h3-4,7-12,23H,1-2,5-6,13-18H2. The molecule has 2 aliphatic heterocycles. The molecule has 34 heavy (non-hydrogen) atoms. The van der Waals surface area contributed by atoms with Gasteiger partial charge in [0, 0.05) is 19.6 Å². The van der Waals surface area contributed by atoms with E-state index in [1.54, 1.807) is 11.0 Å². The van der Waals surface area contributed by atoms with E-state index in [1.807, 2.05) is 18.2 Å². The molecular formula is C25H29FN2O5S. The third-order valence-corrected chi connectivity index (χ3v) is 8.38. The second-order valence-corrected chi connectivity index (χ2v) is 10.6. The Morgan fingerprint density at radius 2 is 1.62 bits per heavy atom. The highest BCUT2D eigenvalue weighted by molar-refractivity contribution is 7.89. The van der Waals surface area contributed by atoms with Crippen LogP contribution in [0.5, 0.6) is 0 Å². The molecule has 1 fully saturated rings. The van der Waals surface area contributed by atoms with Gasteiger partial charge in [-0.15, -0.1) is 0 Å². The molecule has 2 aromatic rings. The van der Waals surface area contributed by atoms with Crippen molar-refractivity contribution >= 4 is 21.9 Å². The van der Waals surface area contributed by atoms with Crippen LogP contribution in [0.15, 0.2) is 53.4 Å². The number of fused-ring (bicyclic) bond motifs is 1. The summed E-state index contributed by atoms with van der Waals surface area (Å²) in [6, 6.07) is 11.3. The number of ether oxygens (including phenoxy) is 1. The van der Waals surface area contributed by atoms with Crippen molar-refractivity contribution in [1.82, 2.24) is 9.21 Å². The lowest BCUT2D eigenvalue weighted by Crippen LogP contribution is -2.41. The molecule has 0 radical (unpaired) electrons. The van der Waals surface area contributed by atoms with Crippen LogP contribution in [0.1, 0.15) is 49.3 Å². The molecule has 1 atom stereocenters. The lowest BCUT2D eigenvalue weighted by atomic mass is 9.92. The van der Waals surface area contributed by atoms with E-state index in [0.717, 1.165) is 48.9 Å². The average Bonchev–Trinajstić information content (AvgIpc) is 3.13. The van der Waals surface area contributed by atoms with E-state index < -0.39 is 27.9 Å². The second-order valence-electron chi connectivity index (χ2n) is 8.69. The van der Waals surface area contributed by atoms with Crippen LogP contribution in [-0.2, 0) is 30.8 Å². The van der Waals surface area contributed by atoms with E-state index in [4.69, 9.17) is 4.74 Å². The smallest absolute Gasteiger partial charge is 0.308 e. The number of hydrogen-bond donors (Lipinski definition) is 0. The number of hydrogen-bond acceptors (Lipinski definition) is 5. The van der Waals surface area contributed by atoms with Gasteiger partial charge in [-0.1, -0.05) is 37.1 Å². The quantitative estimate of drug-likeness (QED) is 0.582. The number of nitrogens with zero attached hydrogens (tertiary/aromatic N) is 2. The van der Waals surface area contributed by atoms with Gasteiger partial charge >= 0.3 is 5.97 Å². The molecule has 2 aromatic carbocycles. The van der Waals surface area contributed by atoms with Gasteiger partial charge in [0.15, 0.2) is 6.61 Å². The van der Waals surface area contributed by atoms with Crippen molar-refractivity contribution < 1.29 is 27.1 Å². The minimum atomic E-state index is -3.99. The number of halogens is 1. The molecule has 0 N–H and O–H groups in total. The first-order valence-electron chi connectivity index (χ1n) is 11.6. The van der Waals surface area contributed by atoms with E-state index in [1.165, 1.54) is 16.4 Å². The average molecular weight is 489 g/mol. The molecule has 182 valence electrons. The van der Waals surface area contributed by atoms with Gasteiger partial charge < -0.3 is 9.64 Å². The molecule has 0 aromatic heterocycles. The fourth-order valence-corrected chi connectivity index (χ4v) is 6.25. The molecule has 9 heteroatoms. The van der Waals surface area contributed by atoms with E-state index in [-0.39, 0.29) is 30.4 Å². The molecule has 2 aliphatic rings. The summed E-state index contributed by atoms with van der Waals surface area (Å²) in [5.41, 5.74) is 1.70. The zero-order valence-electron chi connectivity index (χ0n) is 19.0. The number of sulfonamides is 1. The van der Waals surface area contributed by atoms with Gasteiger partial charge in [0.25, 0.3) is 5.91 Å². The summed E-state index contributed by atoms with van der Waals surface area (Å²) >= 11 is 0. The minimum Gasteiger partial charge on any atom is -0.456 e. The van der Waals surface area contributed by atoms with Gasteiger partial charge in [0.1, 0.15) is 5.82 Å². The summed E-state index contributed by atoms with van der Waals surface area (Å²) in [5, 5.41) is 0. The number of rotatable bonds is 6. The number of benzene rings is 2. The van der Waals surface area contributed by atoms with Crippen molar-refractivity contribution in [1.29, 1.82) is 0 Å². The highest BCUT2D eigenvalue weighted by Crippen LogP contribution is 2.36. The van der Waals surface area contributed by atoms with Crippen molar-refractivity contribution in [2.45, 2.75) is 49.5 Å². The summed E-state index contributed by atoms with van der Waals surface area (Å²) in [4.78, 5) is 26.9. The van der Waals surface area contributed by atoms with Crippen molar-refractivity contribution in [3.63, 3.8) is 0 Å². The van der Waals surface area contributed by atoms with Crippen LogP contribution in [0, 0.1) is 5.82 Å². The Balaban J connectivity index is 1.51. The van der Waals surface area contributed by atoms with Gasteiger partial charge in [-0.05, 0) is 54.7 Å². The van der Waals surface area contributed by atoms with Crippen molar-refractivity contribution in [3.8, 4) is 0 Å². The summed E-state index contributed by atoms with van der Waals surface area (Å²) in [6.07, 6.45) is 4.33. The van der Waals surface area contributed by atoms with Gasteiger partial charge in [-0.25, -0.2) is 12.8 Å². The Labute approximate surface area is 199 Å².